The van der Waals surface area contributed by atoms with Gasteiger partial charge in [0.25, 0.3) is 0 Å². The van der Waals surface area contributed by atoms with Crippen LogP contribution in [-0.4, -0.2) is 15.9 Å². The van der Waals surface area contributed by atoms with Gasteiger partial charge in [-0.3, -0.25) is 9.78 Å². The third kappa shape index (κ3) is 7.85. The molecule has 0 saturated carbocycles. The van der Waals surface area contributed by atoms with Crippen LogP contribution in [-0.2, 0) is 31.3 Å². The molecule has 0 amide bonds. The van der Waals surface area contributed by atoms with Gasteiger partial charge in [-0.2, -0.15) is 0 Å². The Balaban J connectivity index is 0.000000476. The van der Waals surface area contributed by atoms with E-state index in [0.29, 0.717) is 5.92 Å². The van der Waals surface area contributed by atoms with Gasteiger partial charge in [0.1, 0.15) is 0 Å². The molecule has 1 N–H and O–H groups in total. The molecule has 4 rings (SSSR count). The largest absolute Gasteiger partial charge is 0.512 e. The molecule has 0 unspecified atom stereocenters. The number of allylic oxidation sites excluding steroid dienone is 2. The second kappa shape index (κ2) is 12.2. The van der Waals surface area contributed by atoms with Crippen LogP contribution in [0.2, 0.25) is 0 Å². The number of nitrogens with zero attached hydrogens (tertiary/aromatic N) is 1. The average molecular weight is 645 g/mol. The Hall–Kier alpha value is -2.81. The fourth-order valence-electron chi connectivity index (χ4n) is 4.23. The number of aromatic nitrogens is 1. The van der Waals surface area contributed by atoms with Crippen molar-refractivity contribution in [2.24, 2.45) is 5.92 Å². The van der Waals surface area contributed by atoms with Crippen LogP contribution in [0.15, 0.2) is 60.4 Å². The first-order valence-electron chi connectivity index (χ1n) is 11.7. The van der Waals surface area contributed by atoms with Crippen molar-refractivity contribution < 1.29 is 30.0 Å². The molecule has 0 fully saturated rings. The van der Waals surface area contributed by atoms with Crippen LogP contribution >= 0.6 is 0 Å². The number of carbonyl (C=O) groups is 1. The number of carbonyl (C=O) groups excluding carboxylic acids is 1. The molecule has 4 aromatic rings. The molecule has 3 aromatic carbocycles. The van der Waals surface area contributed by atoms with Crippen LogP contribution < -0.4 is 0 Å². The van der Waals surface area contributed by atoms with Crippen molar-refractivity contribution >= 4 is 27.5 Å². The van der Waals surface area contributed by atoms with Crippen molar-refractivity contribution in [2.75, 3.05) is 0 Å². The number of benzene rings is 3. The maximum atomic E-state index is 10.0. The minimum Gasteiger partial charge on any atom is -0.512 e. The van der Waals surface area contributed by atoms with Crippen LogP contribution in [0.4, 0.5) is 0 Å². The molecule has 0 bridgehead atoms. The number of aliphatic hydroxyl groups is 1. The topological polar surface area (TPSA) is 50.2 Å². The molecule has 35 heavy (non-hydrogen) atoms. The molecule has 0 aliphatic heterocycles. The van der Waals surface area contributed by atoms with Gasteiger partial charge < -0.3 is 5.11 Å². The second-order valence-corrected chi connectivity index (χ2v) is 9.64. The summed E-state index contributed by atoms with van der Waals surface area (Å²) in [5.74, 6) is 0.535. The molecule has 185 valence electrons. The summed E-state index contributed by atoms with van der Waals surface area (Å²) in [7, 11) is 0. The number of aryl methyl sites for hydroxylation is 3. The first kappa shape index (κ1) is 28.4. The Kier molecular flexibility index (Phi) is 9.94. The molecule has 1 heterocycles. The standard InChI is InChI=1S/C26H26N.C5H8O2.Ir/c1-16(2)8-22-15-25(23-11-18(4)9-19(5)12-23)27-26-14-20-7-6-17(3)10-21(20)13-24(22)26;1-4(6)3-5(2)7;/h6-7,9-11,13-16H,8H2,1-5H3;3,6H,1-2H3;/q-1;;/b;4-3-;. The second-order valence-electron chi connectivity index (χ2n) is 9.64. The Bertz CT molecular complexity index is 1360. The smallest absolute Gasteiger partial charge is 0.155 e. The molecule has 0 saturated heterocycles. The Morgan fingerprint density at radius 2 is 1.69 bits per heavy atom. The monoisotopic (exact) mass is 645 g/mol. The molecule has 0 aliphatic carbocycles. The van der Waals surface area contributed by atoms with Crippen LogP contribution in [0.5, 0.6) is 0 Å². The summed E-state index contributed by atoms with van der Waals surface area (Å²) < 4.78 is 0. The molecule has 0 aliphatic rings. The Morgan fingerprint density at radius 3 is 2.26 bits per heavy atom. The predicted octanol–water partition coefficient (Wildman–Crippen LogP) is 8.01. The zero-order valence-electron chi connectivity index (χ0n) is 21.6. The average Bonchev–Trinajstić information content (AvgIpc) is 2.71. The first-order valence-corrected chi connectivity index (χ1v) is 11.7. The molecular formula is C31H34IrNO2-. The number of aliphatic hydroxyl groups excluding tert-OH is 1. The van der Waals surface area contributed by atoms with E-state index in [1.807, 2.05) is 0 Å². The van der Waals surface area contributed by atoms with Gasteiger partial charge in [-0.25, -0.2) is 0 Å². The summed E-state index contributed by atoms with van der Waals surface area (Å²) in [4.78, 5) is 15.1. The molecule has 0 atom stereocenters. The zero-order valence-corrected chi connectivity index (χ0v) is 24.0. The van der Waals surface area contributed by atoms with E-state index in [-0.39, 0.29) is 31.6 Å². The minimum absolute atomic E-state index is 0. The van der Waals surface area contributed by atoms with Gasteiger partial charge in [0.2, 0.25) is 0 Å². The van der Waals surface area contributed by atoms with Crippen molar-refractivity contribution in [3.63, 3.8) is 0 Å². The van der Waals surface area contributed by atoms with Crippen molar-refractivity contribution in [1.82, 2.24) is 4.98 Å². The minimum atomic E-state index is -0.125. The summed E-state index contributed by atoms with van der Waals surface area (Å²) in [6, 6.07) is 21.3. The van der Waals surface area contributed by atoms with Gasteiger partial charge >= 0.3 is 0 Å². The number of hydrogen-bond acceptors (Lipinski definition) is 3. The molecule has 4 heteroatoms. The molecule has 3 nitrogen and oxygen atoms in total. The van der Waals surface area contributed by atoms with E-state index in [1.54, 1.807) is 0 Å². The van der Waals surface area contributed by atoms with E-state index < -0.39 is 0 Å². The molecule has 1 aromatic heterocycles. The zero-order chi connectivity index (χ0) is 25.0. The number of pyridine rings is 1. The number of fused-ring (bicyclic) bond motifs is 2. The summed E-state index contributed by atoms with van der Waals surface area (Å²) in [5, 5.41) is 12.2. The van der Waals surface area contributed by atoms with Crippen LogP contribution in [0.3, 0.4) is 0 Å². The SMILES string of the molecule is CC(=O)/C=C(/C)O.Cc1[c-]c(-c2cc(CC(C)C)c3cc4cc(C)ccc4cc3n2)cc(C)c1.[Ir]. The van der Waals surface area contributed by atoms with E-state index in [1.165, 1.54) is 52.8 Å². The van der Waals surface area contributed by atoms with E-state index >= 15 is 0 Å². The maximum Gasteiger partial charge on any atom is 0.155 e. The fraction of sp³-hybridized carbons (Fsp3) is 0.290. The summed E-state index contributed by atoms with van der Waals surface area (Å²) in [5.41, 5.74) is 8.27. The van der Waals surface area contributed by atoms with Gasteiger partial charge in [-0.05, 0) is 67.3 Å². The van der Waals surface area contributed by atoms with Gasteiger partial charge in [0, 0.05) is 31.6 Å². The summed E-state index contributed by atoms with van der Waals surface area (Å²) >= 11 is 0. The van der Waals surface area contributed by atoms with E-state index in [0.717, 1.165) is 28.8 Å². The Labute approximate surface area is 222 Å². The fourth-order valence-corrected chi connectivity index (χ4v) is 4.23. The van der Waals surface area contributed by atoms with E-state index in [9.17, 15) is 4.79 Å². The Morgan fingerprint density at radius 1 is 0.971 bits per heavy atom. The summed E-state index contributed by atoms with van der Waals surface area (Å²) in [6.07, 6.45) is 2.22. The number of hydrogen-bond donors (Lipinski definition) is 1. The van der Waals surface area contributed by atoms with Crippen LogP contribution in [0, 0.1) is 32.8 Å². The van der Waals surface area contributed by atoms with E-state index in [2.05, 4.69) is 89.2 Å². The summed E-state index contributed by atoms with van der Waals surface area (Å²) in [6.45, 7) is 13.8. The van der Waals surface area contributed by atoms with Gasteiger partial charge in [-0.1, -0.05) is 57.5 Å². The van der Waals surface area contributed by atoms with E-state index in [4.69, 9.17) is 10.1 Å². The van der Waals surface area contributed by atoms with Gasteiger partial charge in [0.05, 0.1) is 11.3 Å². The molecule has 1 radical (unpaired) electrons. The molecule has 0 spiro atoms. The van der Waals surface area contributed by atoms with Crippen molar-refractivity contribution in [3.8, 4) is 11.3 Å². The van der Waals surface area contributed by atoms with Crippen molar-refractivity contribution in [1.29, 1.82) is 0 Å². The van der Waals surface area contributed by atoms with Crippen molar-refractivity contribution in [3.05, 3.63) is 88.7 Å². The van der Waals surface area contributed by atoms with Crippen LogP contribution in [0.1, 0.15) is 49.9 Å². The third-order valence-electron chi connectivity index (χ3n) is 5.47. The normalized spacial score (nSPS) is 11.3. The molecular weight excluding hydrogens is 611 g/mol. The van der Waals surface area contributed by atoms with Gasteiger partial charge in [0.15, 0.2) is 5.78 Å². The van der Waals surface area contributed by atoms with Crippen LogP contribution in [0.25, 0.3) is 32.9 Å². The number of ketones is 1. The van der Waals surface area contributed by atoms with Crippen molar-refractivity contribution in [2.45, 2.75) is 54.9 Å². The maximum absolute atomic E-state index is 10.0. The third-order valence-corrected chi connectivity index (χ3v) is 5.47. The number of rotatable bonds is 4. The first-order chi connectivity index (χ1) is 16.0. The quantitative estimate of drug-likeness (QED) is 0.106. The predicted molar refractivity (Wildman–Crippen MR) is 143 cm³/mol. The van der Waals surface area contributed by atoms with Gasteiger partial charge in [-0.15, -0.1) is 34.9 Å².